The topological polar surface area (TPSA) is 96.6 Å². The molecule has 1 aromatic carbocycles. The average Bonchev–Trinajstić information content (AvgIpc) is 2.56. The van der Waals surface area contributed by atoms with Gasteiger partial charge >= 0.3 is 0 Å². The van der Waals surface area contributed by atoms with E-state index in [0.717, 1.165) is 23.8 Å². The van der Waals surface area contributed by atoms with Crippen molar-refractivity contribution < 1.29 is 14.8 Å². The third-order valence-corrected chi connectivity index (χ3v) is 3.66. The molecule has 120 valence electrons. The Hall–Kier alpha value is -2.96. The molecular weight excluding hydrogens is 298 g/mol. The van der Waals surface area contributed by atoms with E-state index in [2.05, 4.69) is 4.98 Å². The van der Waals surface area contributed by atoms with E-state index in [1.807, 2.05) is 13.0 Å². The lowest BCUT2D eigenvalue weighted by molar-refractivity contribution is -0.384. The van der Waals surface area contributed by atoms with Crippen molar-refractivity contribution in [1.29, 1.82) is 0 Å². The SMILES string of the molecule is CCN(C(=O)c1cc([N+](=O)[O-])ccc1O)[C@H](C)c1cccnc1. The first kappa shape index (κ1) is 16.4. The highest BCUT2D eigenvalue weighted by atomic mass is 16.6. The van der Waals surface area contributed by atoms with Crippen LogP contribution in [0.2, 0.25) is 0 Å². The average molecular weight is 315 g/mol. The molecule has 0 unspecified atom stereocenters. The number of non-ortho nitro benzene ring substituents is 1. The third-order valence-electron chi connectivity index (χ3n) is 3.66. The monoisotopic (exact) mass is 315 g/mol. The standard InChI is InChI=1S/C16H17N3O4/c1-3-18(11(2)12-5-4-8-17-10-12)16(21)14-9-13(19(22)23)6-7-15(14)20/h4-11,20H,3H2,1-2H3/t11-/m1/s1. The third kappa shape index (κ3) is 3.45. The number of pyridine rings is 1. The fourth-order valence-electron chi connectivity index (χ4n) is 2.36. The molecular formula is C16H17N3O4. The summed E-state index contributed by atoms with van der Waals surface area (Å²) in [4.78, 5) is 28.5. The number of aromatic nitrogens is 1. The largest absolute Gasteiger partial charge is 0.507 e. The Morgan fingerprint density at radius 2 is 2.17 bits per heavy atom. The van der Waals surface area contributed by atoms with Crippen molar-refractivity contribution in [3.63, 3.8) is 0 Å². The quantitative estimate of drug-likeness (QED) is 0.676. The Kier molecular flexibility index (Phi) is 4.90. The van der Waals surface area contributed by atoms with Crippen LogP contribution in [0.25, 0.3) is 0 Å². The molecule has 0 bridgehead atoms. The van der Waals surface area contributed by atoms with Gasteiger partial charge in [0.15, 0.2) is 0 Å². The number of nitrogens with zero attached hydrogens (tertiary/aromatic N) is 3. The predicted octanol–water partition coefficient (Wildman–Crippen LogP) is 2.92. The molecule has 7 heteroatoms. The molecule has 2 rings (SSSR count). The molecule has 0 fully saturated rings. The number of hydrogen-bond donors (Lipinski definition) is 1. The van der Waals surface area contributed by atoms with Crippen LogP contribution in [0.4, 0.5) is 5.69 Å². The molecule has 1 aromatic heterocycles. The second-order valence-electron chi connectivity index (χ2n) is 5.01. The van der Waals surface area contributed by atoms with E-state index >= 15 is 0 Å². The number of carbonyl (C=O) groups is 1. The molecule has 1 atom stereocenters. The highest BCUT2D eigenvalue weighted by Gasteiger charge is 2.25. The number of hydrogen-bond acceptors (Lipinski definition) is 5. The van der Waals surface area contributed by atoms with Gasteiger partial charge in [-0.3, -0.25) is 19.9 Å². The van der Waals surface area contributed by atoms with Gasteiger partial charge in [0.2, 0.25) is 0 Å². The van der Waals surface area contributed by atoms with Crippen molar-refractivity contribution in [2.24, 2.45) is 0 Å². The summed E-state index contributed by atoms with van der Waals surface area (Å²) in [6, 6.07) is 6.76. The molecule has 0 aliphatic carbocycles. The van der Waals surface area contributed by atoms with Crippen molar-refractivity contribution in [3.05, 3.63) is 64.0 Å². The van der Waals surface area contributed by atoms with E-state index in [4.69, 9.17) is 0 Å². The lowest BCUT2D eigenvalue weighted by atomic mass is 10.1. The Balaban J connectivity index is 2.37. The minimum Gasteiger partial charge on any atom is -0.507 e. The number of nitro benzene ring substituents is 1. The highest BCUT2D eigenvalue weighted by molar-refractivity contribution is 5.97. The molecule has 0 saturated carbocycles. The van der Waals surface area contributed by atoms with Crippen molar-refractivity contribution in [3.8, 4) is 5.75 Å². The van der Waals surface area contributed by atoms with E-state index in [-0.39, 0.29) is 23.0 Å². The van der Waals surface area contributed by atoms with Crippen LogP contribution < -0.4 is 0 Å². The number of aromatic hydroxyl groups is 1. The molecule has 23 heavy (non-hydrogen) atoms. The van der Waals surface area contributed by atoms with Crippen LogP contribution >= 0.6 is 0 Å². The predicted molar refractivity (Wildman–Crippen MR) is 84.1 cm³/mol. The lowest BCUT2D eigenvalue weighted by Gasteiger charge is -2.28. The van der Waals surface area contributed by atoms with Gasteiger partial charge in [0.1, 0.15) is 5.75 Å². The van der Waals surface area contributed by atoms with E-state index in [0.29, 0.717) is 6.54 Å². The van der Waals surface area contributed by atoms with Crippen LogP contribution in [-0.4, -0.2) is 32.4 Å². The molecule has 1 N–H and O–H groups in total. The summed E-state index contributed by atoms with van der Waals surface area (Å²) >= 11 is 0. The zero-order valence-electron chi connectivity index (χ0n) is 12.8. The maximum absolute atomic E-state index is 12.7. The van der Waals surface area contributed by atoms with Crippen LogP contribution in [0.3, 0.4) is 0 Å². The second-order valence-corrected chi connectivity index (χ2v) is 5.01. The van der Waals surface area contributed by atoms with E-state index in [9.17, 15) is 20.0 Å². The van der Waals surface area contributed by atoms with E-state index in [1.165, 1.54) is 4.90 Å². The van der Waals surface area contributed by atoms with E-state index in [1.54, 1.807) is 25.4 Å². The zero-order chi connectivity index (χ0) is 17.0. The number of benzene rings is 1. The molecule has 0 aliphatic heterocycles. The number of nitro groups is 1. The first-order valence-corrected chi connectivity index (χ1v) is 7.14. The van der Waals surface area contributed by atoms with Crippen molar-refractivity contribution in [2.45, 2.75) is 19.9 Å². The normalized spacial score (nSPS) is 11.7. The van der Waals surface area contributed by atoms with Crippen LogP contribution in [0.1, 0.15) is 35.8 Å². The van der Waals surface area contributed by atoms with E-state index < -0.39 is 10.8 Å². The summed E-state index contributed by atoms with van der Waals surface area (Å²) in [7, 11) is 0. The fraction of sp³-hybridized carbons (Fsp3) is 0.250. The smallest absolute Gasteiger partial charge is 0.270 e. The van der Waals surface area contributed by atoms with Gasteiger partial charge in [0.25, 0.3) is 11.6 Å². The Morgan fingerprint density at radius 1 is 1.43 bits per heavy atom. The van der Waals surface area contributed by atoms with Gasteiger partial charge in [-0.25, -0.2) is 0 Å². The fourth-order valence-corrected chi connectivity index (χ4v) is 2.36. The summed E-state index contributed by atoms with van der Waals surface area (Å²) in [5.74, 6) is -0.748. The van der Waals surface area contributed by atoms with Crippen molar-refractivity contribution >= 4 is 11.6 Å². The minimum atomic E-state index is -0.600. The van der Waals surface area contributed by atoms with Crippen LogP contribution in [0, 0.1) is 10.1 Å². The molecule has 1 heterocycles. The second kappa shape index (κ2) is 6.87. The van der Waals surface area contributed by atoms with Gasteiger partial charge in [-0.1, -0.05) is 6.07 Å². The number of amides is 1. The number of carbonyl (C=O) groups excluding carboxylic acids is 1. The first-order valence-electron chi connectivity index (χ1n) is 7.14. The minimum absolute atomic E-state index is 0.0863. The first-order chi connectivity index (χ1) is 11.0. The number of phenols is 1. The molecule has 7 nitrogen and oxygen atoms in total. The maximum Gasteiger partial charge on any atom is 0.270 e. The molecule has 2 aromatic rings. The van der Waals surface area contributed by atoms with Crippen LogP contribution in [-0.2, 0) is 0 Å². The maximum atomic E-state index is 12.7. The van der Waals surface area contributed by atoms with Gasteiger partial charge < -0.3 is 10.0 Å². The summed E-state index contributed by atoms with van der Waals surface area (Å²) < 4.78 is 0. The molecule has 1 amide bonds. The van der Waals surface area contributed by atoms with Crippen LogP contribution in [0.5, 0.6) is 5.75 Å². The highest BCUT2D eigenvalue weighted by Crippen LogP contribution is 2.28. The summed E-state index contributed by atoms with van der Waals surface area (Å²) in [5, 5.41) is 20.8. The Bertz CT molecular complexity index is 719. The summed E-state index contributed by atoms with van der Waals surface area (Å²) in [6.45, 7) is 4.03. The van der Waals surface area contributed by atoms with Gasteiger partial charge in [-0.15, -0.1) is 0 Å². The van der Waals surface area contributed by atoms with Gasteiger partial charge in [0, 0.05) is 31.1 Å². The lowest BCUT2D eigenvalue weighted by Crippen LogP contribution is -2.33. The number of phenolic OH excluding ortho intramolecular Hbond substituents is 1. The van der Waals surface area contributed by atoms with Gasteiger partial charge in [-0.05, 0) is 31.5 Å². The molecule has 0 saturated heterocycles. The van der Waals surface area contributed by atoms with Crippen molar-refractivity contribution in [1.82, 2.24) is 9.88 Å². The Labute approximate surface area is 133 Å². The molecule has 0 spiro atoms. The summed E-state index contributed by atoms with van der Waals surface area (Å²) in [5.41, 5.74) is 0.514. The zero-order valence-corrected chi connectivity index (χ0v) is 12.8. The van der Waals surface area contributed by atoms with Crippen LogP contribution in [0.15, 0.2) is 42.7 Å². The summed E-state index contributed by atoms with van der Waals surface area (Å²) in [6.07, 6.45) is 3.30. The Morgan fingerprint density at radius 3 is 2.74 bits per heavy atom. The number of rotatable bonds is 5. The molecule has 0 radical (unpaired) electrons. The molecule has 0 aliphatic rings. The van der Waals surface area contributed by atoms with Crippen molar-refractivity contribution in [2.75, 3.05) is 6.54 Å². The van der Waals surface area contributed by atoms with Gasteiger partial charge in [-0.2, -0.15) is 0 Å². The van der Waals surface area contributed by atoms with Gasteiger partial charge in [0.05, 0.1) is 16.5 Å².